The SMILES string of the molecule is CC(OC(=O)C1=NN(C)C(=O)CC1)C(=O)Nc1cc(S(=O)(=O)N2CCCCC2)ccc1Cl. The number of nitrogens with zero attached hydrogens (tertiary/aromatic N) is 3. The van der Waals surface area contributed by atoms with Crippen LogP contribution in [0.2, 0.25) is 5.02 Å². The topological polar surface area (TPSA) is 125 Å². The van der Waals surface area contributed by atoms with Gasteiger partial charge in [-0.3, -0.25) is 9.59 Å². The lowest BCUT2D eigenvalue weighted by Gasteiger charge is -2.26. The van der Waals surface area contributed by atoms with Gasteiger partial charge in [-0.25, -0.2) is 18.2 Å². The summed E-state index contributed by atoms with van der Waals surface area (Å²) in [5.41, 5.74) is 0.136. The second-order valence-electron chi connectivity index (χ2n) is 7.61. The molecule has 1 atom stereocenters. The van der Waals surface area contributed by atoms with Crippen LogP contribution in [0.15, 0.2) is 28.2 Å². The van der Waals surface area contributed by atoms with Crippen molar-refractivity contribution in [1.82, 2.24) is 9.31 Å². The standard InChI is InChI=1S/C20H25ClN4O6S/c1-13(31-20(28)16-8-9-18(26)24(2)23-16)19(27)22-17-12-14(6-7-15(17)21)32(29,30)25-10-4-3-5-11-25/h6-7,12-13H,3-5,8-11H2,1-2H3,(H,22,27). The van der Waals surface area contributed by atoms with E-state index in [1.54, 1.807) is 0 Å². The van der Waals surface area contributed by atoms with Crippen LogP contribution < -0.4 is 5.32 Å². The van der Waals surface area contributed by atoms with Crippen molar-refractivity contribution in [3.05, 3.63) is 23.2 Å². The normalized spacial score (nSPS) is 18.7. The summed E-state index contributed by atoms with van der Waals surface area (Å²) in [6, 6.07) is 4.09. The summed E-state index contributed by atoms with van der Waals surface area (Å²) in [6.07, 6.45) is 1.64. The van der Waals surface area contributed by atoms with Gasteiger partial charge in [0.25, 0.3) is 5.91 Å². The summed E-state index contributed by atoms with van der Waals surface area (Å²) >= 11 is 6.15. The second kappa shape index (κ2) is 9.97. The number of anilines is 1. The molecule has 1 aromatic carbocycles. The number of carbonyl (C=O) groups excluding carboxylic acids is 3. The molecule has 32 heavy (non-hydrogen) atoms. The van der Waals surface area contributed by atoms with E-state index in [4.69, 9.17) is 16.3 Å². The number of esters is 1. The molecule has 174 valence electrons. The van der Waals surface area contributed by atoms with Crippen LogP contribution in [0.4, 0.5) is 5.69 Å². The molecule has 1 saturated heterocycles. The fourth-order valence-electron chi connectivity index (χ4n) is 3.35. The molecule has 0 saturated carbocycles. The Bertz CT molecular complexity index is 1050. The number of carbonyl (C=O) groups is 3. The predicted octanol–water partition coefficient (Wildman–Crippen LogP) is 1.99. The third-order valence-corrected chi connectivity index (χ3v) is 7.47. The van der Waals surface area contributed by atoms with Crippen LogP contribution in [0.1, 0.15) is 39.0 Å². The molecule has 2 aliphatic rings. The number of hydrogen-bond acceptors (Lipinski definition) is 7. The molecular formula is C20H25ClN4O6S. The van der Waals surface area contributed by atoms with Gasteiger partial charge in [0.2, 0.25) is 15.9 Å². The molecule has 12 heteroatoms. The molecule has 10 nitrogen and oxygen atoms in total. The van der Waals surface area contributed by atoms with Crippen LogP contribution in [-0.4, -0.2) is 67.5 Å². The average molecular weight is 485 g/mol. The summed E-state index contributed by atoms with van der Waals surface area (Å²) in [6.45, 7) is 2.27. The highest BCUT2D eigenvalue weighted by molar-refractivity contribution is 7.89. The molecule has 2 amide bonds. The van der Waals surface area contributed by atoms with E-state index in [-0.39, 0.29) is 40.1 Å². The molecule has 0 radical (unpaired) electrons. The first kappa shape index (κ1) is 24.1. The first-order valence-electron chi connectivity index (χ1n) is 10.2. The Morgan fingerprint density at radius 3 is 2.53 bits per heavy atom. The minimum absolute atomic E-state index is 0.0213. The molecule has 2 heterocycles. The number of piperidine rings is 1. The summed E-state index contributed by atoms with van der Waals surface area (Å²) in [4.78, 5) is 36.3. The molecule has 2 aliphatic heterocycles. The molecule has 3 rings (SSSR count). The molecular weight excluding hydrogens is 460 g/mol. The highest BCUT2D eigenvalue weighted by atomic mass is 35.5. The Hall–Kier alpha value is -2.50. The third kappa shape index (κ3) is 5.45. The lowest BCUT2D eigenvalue weighted by Crippen LogP contribution is -2.36. The van der Waals surface area contributed by atoms with Gasteiger partial charge in [-0.05, 0) is 38.0 Å². The monoisotopic (exact) mass is 484 g/mol. The maximum Gasteiger partial charge on any atom is 0.355 e. The second-order valence-corrected chi connectivity index (χ2v) is 9.95. The number of sulfonamides is 1. The smallest absolute Gasteiger partial charge is 0.355 e. The molecule has 1 unspecified atom stereocenters. The van der Waals surface area contributed by atoms with E-state index in [0.717, 1.165) is 24.3 Å². The fraction of sp³-hybridized carbons (Fsp3) is 0.500. The summed E-state index contributed by atoms with van der Waals surface area (Å²) in [5, 5.41) is 7.57. The van der Waals surface area contributed by atoms with Crippen molar-refractivity contribution in [1.29, 1.82) is 0 Å². The van der Waals surface area contributed by atoms with Gasteiger partial charge in [0.1, 0.15) is 5.71 Å². The lowest BCUT2D eigenvalue weighted by molar-refractivity contribution is -0.146. The van der Waals surface area contributed by atoms with E-state index in [1.165, 1.54) is 36.5 Å². The van der Waals surface area contributed by atoms with Crippen LogP contribution in [-0.2, 0) is 29.1 Å². The van der Waals surface area contributed by atoms with Crippen molar-refractivity contribution < 1.29 is 27.5 Å². The maximum atomic E-state index is 12.9. The number of hydrazone groups is 1. The molecule has 1 N–H and O–H groups in total. The Morgan fingerprint density at radius 1 is 1.19 bits per heavy atom. The van der Waals surface area contributed by atoms with Crippen molar-refractivity contribution in [3.63, 3.8) is 0 Å². The van der Waals surface area contributed by atoms with Gasteiger partial charge in [-0.2, -0.15) is 9.41 Å². The number of nitrogens with one attached hydrogen (secondary N) is 1. The first-order valence-corrected chi connectivity index (χ1v) is 12.1. The van der Waals surface area contributed by atoms with Gasteiger partial charge in [0.05, 0.1) is 15.6 Å². The zero-order valence-electron chi connectivity index (χ0n) is 17.8. The van der Waals surface area contributed by atoms with E-state index in [0.29, 0.717) is 13.1 Å². The minimum atomic E-state index is -3.71. The van der Waals surface area contributed by atoms with E-state index >= 15 is 0 Å². The molecule has 1 fully saturated rings. The van der Waals surface area contributed by atoms with E-state index in [1.807, 2.05) is 0 Å². The summed E-state index contributed by atoms with van der Waals surface area (Å²) < 4.78 is 32.4. The molecule has 0 spiro atoms. The summed E-state index contributed by atoms with van der Waals surface area (Å²) in [5.74, 6) is -1.71. The number of halogens is 1. The third-order valence-electron chi connectivity index (χ3n) is 5.24. The minimum Gasteiger partial charge on any atom is -0.448 e. The predicted molar refractivity (Wildman–Crippen MR) is 118 cm³/mol. The van der Waals surface area contributed by atoms with Crippen molar-refractivity contribution in [2.45, 2.75) is 50.0 Å². The van der Waals surface area contributed by atoms with Crippen LogP contribution in [0.5, 0.6) is 0 Å². The lowest BCUT2D eigenvalue weighted by atomic mass is 10.2. The quantitative estimate of drug-likeness (QED) is 0.615. The average Bonchev–Trinajstić information content (AvgIpc) is 2.77. The van der Waals surface area contributed by atoms with E-state index in [9.17, 15) is 22.8 Å². The number of benzene rings is 1. The van der Waals surface area contributed by atoms with Gasteiger partial charge >= 0.3 is 5.97 Å². The van der Waals surface area contributed by atoms with Crippen LogP contribution in [0.25, 0.3) is 0 Å². The van der Waals surface area contributed by atoms with Gasteiger partial charge in [0, 0.05) is 33.0 Å². The van der Waals surface area contributed by atoms with Crippen LogP contribution in [0.3, 0.4) is 0 Å². The van der Waals surface area contributed by atoms with E-state index in [2.05, 4.69) is 10.4 Å². The number of rotatable bonds is 6. The van der Waals surface area contributed by atoms with Gasteiger partial charge in [-0.1, -0.05) is 18.0 Å². The van der Waals surface area contributed by atoms with Crippen LogP contribution in [0, 0.1) is 0 Å². The zero-order chi connectivity index (χ0) is 23.5. The van der Waals surface area contributed by atoms with Gasteiger partial charge in [0.15, 0.2) is 6.10 Å². The number of amides is 2. The van der Waals surface area contributed by atoms with Crippen molar-refractivity contribution in [3.8, 4) is 0 Å². The van der Waals surface area contributed by atoms with Crippen LogP contribution >= 0.6 is 11.6 Å². The van der Waals surface area contributed by atoms with Crippen molar-refractivity contribution in [2.24, 2.45) is 5.10 Å². The molecule has 0 aliphatic carbocycles. The highest BCUT2D eigenvalue weighted by Gasteiger charge is 2.28. The Kier molecular flexibility index (Phi) is 7.52. The Labute approximate surface area is 191 Å². The summed E-state index contributed by atoms with van der Waals surface area (Å²) in [7, 11) is -2.28. The zero-order valence-corrected chi connectivity index (χ0v) is 19.4. The fourth-order valence-corrected chi connectivity index (χ4v) is 5.06. The Balaban J connectivity index is 1.69. The van der Waals surface area contributed by atoms with Crippen molar-refractivity contribution in [2.75, 3.05) is 25.5 Å². The first-order chi connectivity index (χ1) is 15.1. The molecule has 1 aromatic rings. The Morgan fingerprint density at radius 2 is 1.88 bits per heavy atom. The van der Waals surface area contributed by atoms with Gasteiger partial charge in [-0.15, -0.1) is 0 Å². The van der Waals surface area contributed by atoms with Crippen molar-refractivity contribution >= 4 is 50.8 Å². The number of hydrogen-bond donors (Lipinski definition) is 1. The molecule has 0 bridgehead atoms. The van der Waals surface area contributed by atoms with Gasteiger partial charge < -0.3 is 10.1 Å². The van der Waals surface area contributed by atoms with E-state index < -0.39 is 28.0 Å². The highest BCUT2D eigenvalue weighted by Crippen LogP contribution is 2.28. The molecule has 0 aromatic heterocycles. The maximum absolute atomic E-state index is 12.9. The number of ether oxygens (including phenoxy) is 1. The largest absolute Gasteiger partial charge is 0.448 e.